The summed E-state index contributed by atoms with van der Waals surface area (Å²) in [6.45, 7) is -0.103. The summed E-state index contributed by atoms with van der Waals surface area (Å²) < 4.78 is 0. The summed E-state index contributed by atoms with van der Waals surface area (Å²) in [5, 5.41) is 7.41. The first kappa shape index (κ1) is 8.62. The zero-order valence-electron chi connectivity index (χ0n) is 6.58. The van der Waals surface area contributed by atoms with Gasteiger partial charge in [0.15, 0.2) is 5.78 Å². The van der Waals surface area contributed by atoms with Gasteiger partial charge in [0.25, 0.3) is 0 Å². The van der Waals surface area contributed by atoms with Gasteiger partial charge in [0.2, 0.25) is 0 Å². The van der Waals surface area contributed by atoms with Crippen LogP contribution < -0.4 is 5.73 Å². The highest BCUT2D eigenvalue weighted by Crippen LogP contribution is 1.99. The number of benzene rings is 1. The Bertz CT molecular complexity index is 293. The minimum atomic E-state index is -0.332. The largest absolute Gasteiger partial charge is 0.324 e. The van der Waals surface area contributed by atoms with E-state index in [0.717, 1.165) is 0 Å². The number of Topliss-reactive ketones (excluding diaryl/α,β-unsaturated/α-hetero) is 1. The molecular weight excluding hydrogens is 152 g/mol. The molecule has 0 amide bonds. The smallest absolute Gasteiger partial charge is 0.194 e. The van der Waals surface area contributed by atoms with Gasteiger partial charge in [-0.3, -0.25) is 10.2 Å². The van der Waals surface area contributed by atoms with Crippen molar-refractivity contribution in [3.63, 3.8) is 0 Å². The molecule has 0 aliphatic heterocycles. The molecule has 0 saturated heterocycles. The predicted molar refractivity (Wildman–Crippen MR) is 47.3 cm³/mol. The average Bonchev–Trinajstić information content (AvgIpc) is 2.17. The maximum atomic E-state index is 11.0. The molecular formula is C9H10N2O. The van der Waals surface area contributed by atoms with Crippen molar-refractivity contribution >= 4 is 11.5 Å². The second-order valence-corrected chi connectivity index (χ2v) is 2.37. The molecule has 1 aromatic carbocycles. The molecule has 3 heteroatoms. The molecule has 0 aliphatic carbocycles. The topological polar surface area (TPSA) is 66.9 Å². The van der Waals surface area contributed by atoms with Gasteiger partial charge >= 0.3 is 0 Å². The molecule has 0 unspecified atom stereocenters. The highest BCUT2D eigenvalue weighted by molar-refractivity contribution is 6.45. The summed E-state index contributed by atoms with van der Waals surface area (Å²) in [5.74, 6) is -0.332. The van der Waals surface area contributed by atoms with Crippen molar-refractivity contribution in [2.24, 2.45) is 5.73 Å². The van der Waals surface area contributed by atoms with Crippen LogP contribution in [-0.4, -0.2) is 18.0 Å². The Morgan fingerprint density at radius 3 is 2.42 bits per heavy atom. The first-order valence-corrected chi connectivity index (χ1v) is 3.63. The van der Waals surface area contributed by atoms with Crippen molar-refractivity contribution in [2.45, 2.75) is 0 Å². The van der Waals surface area contributed by atoms with Crippen LogP contribution >= 0.6 is 0 Å². The minimum Gasteiger partial charge on any atom is -0.324 e. The quantitative estimate of drug-likeness (QED) is 0.638. The van der Waals surface area contributed by atoms with Crippen LogP contribution in [0.5, 0.6) is 0 Å². The van der Waals surface area contributed by atoms with Crippen LogP contribution in [0.3, 0.4) is 0 Å². The summed E-state index contributed by atoms with van der Waals surface area (Å²) in [6, 6.07) is 8.84. The maximum Gasteiger partial charge on any atom is 0.194 e. The van der Waals surface area contributed by atoms with Crippen LogP contribution in [0.2, 0.25) is 0 Å². The molecule has 3 nitrogen and oxygen atoms in total. The van der Waals surface area contributed by atoms with Crippen LogP contribution in [0.15, 0.2) is 30.3 Å². The third-order valence-corrected chi connectivity index (χ3v) is 1.53. The highest BCUT2D eigenvalue weighted by Gasteiger charge is 2.07. The molecule has 12 heavy (non-hydrogen) atoms. The molecule has 0 atom stereocenters. The summed E-state index contributed by atoms with van der Waals surface area (Å²) in [7, 11) is 0. The molecule has 0 fully saturated rings. The van der Waals surface area contributed by atoms with Gasteiger partial charge in [-0.05, 0) is 0 Å². The standard InChI is InChI=1S/C9H10N2O/c10-6-8(12)9(11)7-4-2-1-3-5-7/h1-5,11H,6,10H2. The Hall–Kier alpha value is -1.48. The van der Waals surface area contributed by atoms with Crippen LogP contribution in [0.4, 0.5) is 0 Å². The van der Waals surface area contributed by atoms with Crippen molar-refractivity contribution in [1.29, 1.82) is 5.41 Å². The van der Waals surface area contributed by atoms with Gasteiger partial charge in [0, 0.05) is 5.56 Å². The lowest BCUT2D eigenvalue weighted by Crippen LogP contribution is -2.23. The number of nitrogens with one attached hydrogen (secondary N) is 1. The van der Waals surface area contributed by atoms with E-state index in [2.05, 4.69) is 0 Å². The van der Waals surface area contributed by atoms with Crippen molar-refractivity contribution in [3.8, 4) is 0 Å². The molecule has 62 valence electrons. The fraction of sp³-hybridized carbons (Fsp3) is 0.111. The molecule has 0 heterocycles. The van der Waals surface area contributed by atoms with E-state index in [-0.39, 0.29) is 18.0 Å². The minimum absolute atomic E-state index is 0.0156. The van der Waals surface area contributed by atoms with Crippen LogP contribution in [0.1, 0.15) is 5.56 Å². The van der Waals surface area contributed by atoms with E-state index in [1.807, 2.05) is 6.07 Å². The number of nitrogens with two attached hydrogens (primary N) is 1. The molecule has 0 saturated carbocycles. The van der Waals surface area contributed by atoms with Crippen LogP contribution in [0, 0.1) is 5.41 Å². The lowest BCUT2D eigenvalue weighted by Gasteiger charge is -1.99. The Morgan fingerprint density at radius 1 is 1.33 bits per heavy atom. The normalized spacial score (nSPS) is 9.42. The Morgan fingerprint density at radius 2 is 1.92 bits per heavy atom. The molecule has 1 aromatic rings. The highest BCUT2D eigenvalue weighted by atomic mass is 16.1. The summed E-state index contributed by atoms with van der Waals surface area (Å²) in [4.78, 5) is 11.0. The average molecular weight is 162 g/mol. The van der Waals surface area contributed by atoms with E-state index in [1.54, 1.807) is 24.3 Å². The Labute approximate surface area is 70.7 Å². The SMILES string of the molecule is N=C(C(=O)CN)c1ccccc1. The van der Waals surface area contributed by atoms with E-state index in [9.17, 15) is 4.79 Å². The number of ketones is 1. The van der Waals surface area contributed by atoms with Crippen LogP contribution in [-0.2, 0) is 4.79 Å². The van der Waals surface area contributed by atoms with Gasteiger partial charge in [-0.15, -0.1) is 0 Å². The zero-order valence-corrected chi connectivity index (χ0v) is 6.58. The lowest BCUT2D eigenvalue weighted by molar-refractivity contribution is -0.111. The molecule has 3 N–H and O–H groups in total. The first-order valence-electron chi connectivity index (χ1n) is 3.63. The van der Waals surface area contributed by atoms with Gasteiger partial charge < -0.3 is 5.73 Å². The van der Waals surface area contributed by atoms with Crippen molar-refractivity contribution in [2.75, 3.05) is 6.54 Å². The molecule has 0 radical (unpaired) electrons. The monoisotopic (exact) mass is 162 g/mol. The molecule has 0 aliphatic rings. The molecule has 1 rings (SSSR count). The number of carbonyl (C=O) groups is 1. The van der Waals surface area contributed by atoms with Gasteiger partial charge in [0.1, 0.15) is 5.71 Å². The van der Waals surface area contributed by atoms with Crippen molar-refractivity contribution in [3.05, 3.63) is 35.9 Å². The van der Waals surface area contributed by atoms with Crippen molar-refractivity contribution in [1.82, 2.24) is 0 Å². The van der Waals surface area contributed by atoms with Gasteiger partial charge in [-0.25, -0.2) is 0 Å². The number of carbonyl (C=O) groups excluding carboxylic acids is 1. The predicted octanol–water partition coefficient (Wildman–Crippen LogP) is 0.582. The second kappa shape index (κ2) is 3.78. The summed E-state index contributed by atoms with van der Waals surface area (Å²) in [6.07, 6.45) is 0. The zero-order chi connectivity index (χ0) is 8.97. The van der Waals surface area contributed by atoms with E-state index in [0.29, 0.717) is 5.56 Å². The molecule has 0 aromatic heterocycles. The lowest BCUT2D eigenvalue weighted by atomic mass is 10.1. The maximum absolute atomic E-state index is 11.0. The number of hydrogen-bond donors (Lipinski definition) is 2. The molecule has 0 bridgehead atoms. The third kappa shape index (κ3) is 1.77. The fourth-order valence-electron chi connectivity index (χ4n) is 0.868. The van der Waals surface area contributed by atoms with Gasteiger partial charge in [0.05, 0.1) is 6.54 Å². The van der Waals surface area contributed by atoms with E-state index in [4.69, 9.17) is 11.1 Å². The Kier molecular flexibility index (Phi) is 2.71. The Balaban J connectivity index is 2.86. The molecule has 0 spiro atoms. The van der Waals surface area contributed by atoms with E-state index < -0.39 is 0 Å². The van der Waals surface area contributed by atoms with Crippen molar-refractivity contribution < 1.29 is 4.79 Å². The number of rotatable bonds is 3. The van der Waals surface area contributed by atoms with Gasteiger partial charge in [-0.2, -0.15) is 0 Å². The van der Waals surface area contributed by atoms with Gasteiger partial charge in [-0.1, -0.05) is 30.3 Å². The fourth-order valence-corrected chi connectivity index (χ4v) is 0.868. The van der Waals surface area contributed by atoms with Crippen LogP contribution in [0.25, 0.3) is 0 Å². The number of hydrogen-bond acceptors (Lipinski definition) is 3. The first-order chi connectivity index (χ1) is 5.75. The second-order valence-electron chi connectivity index (χ2n) is 2.37. The summed E-state index contributed by atoms with van der Waals surface area (Å²) in [5.41, 5.74) is 5.72. The third-order valence-electron chi connectivity index (χ3n) is 1.53. The van der Waals surface area contributed by atoms with E-state index >= 15 is 0 Å². The van der Waals surface area contributed by atoms with E-state index in [1.165, 1.54) is 0 Å². The summed E-state index contributed by atoms with van der Waals surface area (Å²) >= 11 is 0.